The smallest absolute Gasteiger partial charge is 0.327 e. The molecule has 0 aliphatic carbocycles. The van der Waals surface area contributed by atoms with Crippen molar-refractivity contribution < 1.29 is 14.3 Å². The number of carbonyl (C=O) groups is 1. The summed E-state index contributed by atoms with van der Waals surface area (Å²) in [6.45, 7) is 0. The molecule has 0 saturated carbocycles. The maximum absolute atomic E-state index is 11.2. The highest BCUT2D eigenvalue weighted by molar-refractivity contribution is 6.30. The lowest BCUT2D eigenvalue weighted by atomic mass is 10.1. The summed E-state index contributed by atoms with van der Waals surface area (Å²) in [6, 6.07) is 4.02. The average molecular weight is 230 g/mol. The van der Waals surface area contributed by atoms with Gasteiger partial charge in [-0.15, -0.1) is 0 Å². The third-order valence-electron chi connectivity index (χ3n) is 1.99. The maximum Gasteiger partial charge on any atom is 0.327 e. The van der Waals surface area contributed by atoms with Gasteiger partial charge in [-0.3, -0.25) is 4.79 Å². The Morgan fingerprint density at radius 2 is 2.13 bits per heavy atom. The Bertz CT molecular complexity index is 368. The van der Waals surface area contributed by atoms with E-state index in [-0.39, 0.29) is 0 Å². The van der Waals surface area contributed by atoms with Crippen molar-refractivity contribution in [2.24, 2.45) is 5.73 Å². The predicted molar refractivity (Wildman–Crippen MR) is 56.9 cm³/mol. The first kappa shape index (κ1) is 11.8. The molecule has 1 rings (SSSR count). The number of benzene rings is 1. The number of nitrogens with two attached hydrogens (primary N) is 1. The molecule has 0 radical (unpaired) electrons. The van der Waals surface area contributed by atoms with Crippen LogP contribution in [0.3, 0.4) is 0 Å². The number of methoxy groups -OCH3 is 2. The van der Waals surface area contributed by atoms with Crippen molar-refractivity contribution in [2.75, 3.05) is 14.2 Å². The molecule has 1 aromatic carbocycles. The Balaban J connectivity index is 3.07. The molecule has 15 heavy (non-hydrogen) atoms. The average Bonchev–Trinajstić information content (AvgIpc) is 2.26. The quantitative estimate of drug-likeness (QED) is 0.799. The number of ether oxygens (including phenoxy) is 2. The van der Waals surface area contributed by atoms with E-state index in [9.17, 15) is 4.79 Å². The van der Waals surface area contributed by atoms with E-state index < -0.39 is 12.0 Å². The molecule has 1 aromatic rings. The van der Waals surface area contributed by atoms with Gasteiger partial charge in [-0.05, 0) is 12.1 Å². The molecule has 0 heterocycles. The lowest BCUT2D eigenvalue weighted by Gasteiger charge is -2.13. The molecule has 5 heteroatoms. The van der Waals surface area contributed by atoms with Crippen LogP contribution >= 0.6 is 11.6 Å². The molecular weight excluding hydrogens is 218 g/mol. The largest absolute Gasteiger partial charge is 0.496 e. The Morgan fingerprint density at radius 1 is 1.47 bits per heavy atom. The van der Waals surface area contributed by atoms with Gasteiger partial charge in [0.05, 0.1) is 14.2 Å². The van der Waals surface area contributed by atoms with Crippen LogP contribution in [0.25, 0.3) is 0 Å². The number of hydrogen-bond acceptors (Lipinski definition) is 4. The van der Waals surface area contributed by atoms with Crippen molar-refractivity contribution in [3.63, 3.8) is 0 Å². The number of rotatable bonds is 3. The normalized spacial score (nSPS) is 12.0. The van der Waals surface area contributed by atoms with Crippen molar-refractivity contribution >= 4 is 17.6 Å². The van der Waals surface area contributed by atoms with Crippen molar-refractivity contribution in [1.82, 2.24) is 0 Å². The van der Waals surface area contributed by atoms with Crippen LogP contribution in [0.15, 0.2) is 18.2 Å². The van der Waals surface area contributed by atoms with E-state index in [1.54, 1.807) is 18.2 Å². The Morgan fingerprint density at radius 3 is 2.67 bits per heavy atom. The molecule has 4 nitrogen and oxygen atoms in total. The van der Waals surface area contributed by atoms with E-state index >= 15 is 0 Å². The Kier molecular flexibility index (Phi) is 3.94. The standard InChI is InChI=1S/C10H12ClNO3/c1-14-8-5-6(11)3-4-7(8)9(12)10(13)15-2/h3-5,9H,12H2,1-2H3. The molecule has 1 unspecified atom stereocenters. The molecule has 0 fully saturated rings. The van der Waals surface area contributed by atoms with Crippen molar-refractivity contribution in [3.05, 3.63) is 28.8 Å². The van der Waals surface area contributed by atoms with Crippen LogP contribution in [0.1, 0.15) is 11.6 Å². The number of hydrogen-bond donors (Lipinski definition) is 1. The minimum Gasteiger partial charge on any atom is -0.496 e. The number of esters is 1. The van der Waals surface area contributed by atoms with E-state index in [1.807, 2.05) is 0 Å². The third kappa shape index (κ3) is 2.61. The molecule has 0 bridgehead atoms. The highest BCUT2D eigenvalue weighted by Crippen LogP contribution is 2.27. The van der Waals surface area contributed by atoms with Gasteiger partial charge in [-0.25, -0.2) is 0 Å². The lowest BCUT2D eigenvalue weighted by molar-refractivity contribution is -0.142. The van der Waals surface area contributed by atoms with Gasteiger partial charge in [0.25, 0.3) is 0 Å². The Hall–Kier alpha value is -1.26. The summed E-state index contributed by atoms with van der Waals surface area (Å²) >= 11 is 5.78. The zero-order valence-corrected chi connectivity index (χ0v) is 9.25. The molecule has 1 atom stereocenters. The molecule has 0 aromatic heterocycles. The van der Waals surface area contributed by atoms with Gasteiger partial charge < -0.3 is 15.2 Å². The molecule has 0 aliphatic heterocycles. The molecule has 82 valence electrons. The second-order valence-electron chi connectivity index (χ2n) is 2.89. The monoisotopic (exact) mass is 229 g/mol. The van der Waals surface area contributed by atoms with Gasteiger partial charge in [0.1, 0.15) is 11.8 Å². The van der Waals surface area contributed by atoms with E-state index in [2.05, 4.69) is 4.74 Å². The van der Waals surface area contributed by atoms with Crippen molar-refractivity contribution in [3.8, 4) is 5.75 Å². The number of carbonyl (C=O) groups excluding carboxylic acids is 1. The van der Waals surface area contributed by atoms with Crippen LogP contribution in [0.4, 0.5) is 0 Å². The summed E-state index contributed by atoms with van der Waals surface area (Å²) in [5.74, 6) is -0.0453. The van der Waals surface area contributed by atoms with Crippen LogP contribution in [0.5, 0.6) is 5.75 Å². The van der Waals surface area contributed by atoms with Gasteiger partial charge in [0.2, 0.25) is 0 Å². The second-order valence-corrected chi connectivity index (χ2v) is 3.32. The van der Waals surface area contributed by atoms with Gasteiger partial charge >= 0.3 is 5.97 Å². The lowest BCUT2D eigenvalue weighted by Crippen LogP contribution is -2.23. The summed E-state index contributed by atoms with van der Waals surface area (Å²) < 4.78 is 9.61. The highest BCUT2D eigenvalue weighted by atomic mass is 35.5. The summed E-state index contributed by atoms with van der Waals surface area (Å²) in [5, 5.41) is 0.521. The molecule has 2 N–H and O–H groups in total. The molecule has 0 amide bonds. The SMILES string of the molecule is COC(=O)C(N)c1ccc(Cl)cc1OC. The fourth-order valence-electron chi connectivity index (χ4n) is 1.20. The predicted octanol–water partition coefficient (Wildman–Crippen LogP) is 1.52. The van der Waals surface area contributed by atoms with Crippen LogP contribution in [0, 0.1) is 0 Å². The van der Waals surface area contributed by atoms with E-state index in [0.717, 1.165) is 0 Å². The van der Waals surface area contributed by atoms with Crippen LogP contribution < -0.4 is 10.5 Å². The fraction of sp³-hybridized carbons (Fsp3) is 0.300. The minimum atomic E-state index is -0.859. The minimum absolute atomic E-state index is 0.473. The zero-order valence-electron chi connectivity index (χ0n) is 8.49. The van der Waals surface area contributed by atoms with Gasteiger partial charge in [-0.1, -0.05) is 17.7 Å². The second kappa shape index (κ2) is 5.00. The van der Waals surface area contributed by atoms with Crippen molar-refractivity contribution in [2.45, 2.75) is 6.04 Å². The summed E-state index contributed by atoms with van der Waals surface area (Å²) in [4.78, 5) is 11.2. The van der Waals surface area contributed by atoms with Gasteiger partial charge in [-0.2, -0.15) is 0 Å². The van der Waals surface area contributed by atoms with Crippen LogP contribution in [-0.4, -0.2) is 20.2 Å². The Labute approximate surface area is 92.9 Å². The van der Waals surface area contributed by atoms with Crippen LogP contribution in [-0.2, 0) is 9.53 Å². The van der Waals surface area contributed by atoms with E-state index in [1.165, 1.54) is 14.2 Å². The first-order chi connectivity index (χ1) is 7.10. The summed E-state index contributed by atoms with van der Waals surface area (Å²) in [5.41, 5.74) is 6.23. The summed E-state index contributed by atoms with van der Waals surface area (Å²) in [6.07, 6.45) is 0. The molecular formula is C10H12ClNO3. The van der Waals surface area contributed by atoms with Gasteiger partial charge in [0, 0.05) is 10.6 Å². The third-order valence-corrected chi connectivity index (χ3v) is 2.22. The first-order valence-electron chi connectivity index (χ1n) is 4.27. The molecule has 0 spiro atoms. The van der Waals surface area contributed by atoms with E-state index in [0.29, 0.717) is 16.3 Å². The van der Waals surface area contributed by atoms with Crippen molar-refractivity contribution in [1.29, 1.82) is 0 Å². The maximum atomic E-state index is 11.2. The number of halogens is 1. The molecule has 0 aliphatic rings. The van der Waals surface area contributed by atoms with Crippen LogP contribution in [0.2, 0.25) is 5.02 Å². The fourth-order valence-corrected chi connectivity index (χ4v) is 1.36. The highest BCUT2D eigenvalue weighted by Gasteiger charge is 2.20. The molecule has 0 saturated heterocycles. The van der Waals surface area contributed by atoms with Gasteiger partial charge in [0.15, 0.2) is 0 Å². The zero-order chi connectivity index (χ0) is 11.4. The topological polar surface area (TPSA) is 61.5 Å². The first-order valence-corrected chi connectivity index (χ1v) is 4.64. The van der Waals surface area contributed by atoms with E-state index in [4.69, 9.17) is 22.1 Å². The summed E-state index contributed by atoms with van der Waals surface area (Å²) in [7, 11) is 2.77.